The molecule has 1 aliphatic rings. The molecule has 1 aliphatic heterocycles. The largest absolute Gasteiger partial charge is 0.290 e. The molecule has 1 saturated heterocycles. The number of hydrogen-bond acceptors (Lipinski definition) is 5. The number of likely N-dealkylation sites (tertiary alicyclic amines) is 1. The molecule has 1 fully saturated rings. The Balaban J connectivity index is 1.77. The van der Waals surface area contributed by atoms with Gasteiger partial charge in [0, 0.05) is 42.9 Å². The van der Waals surface area contributed by atoms with Crippen molar-refractivity contribution in [3.8, 4) is 0 Å². The Labute approximate surface area is 115 Å². The van der Waals surface area contributed by atoms with Crippen LogP contribution in [0.3, 0.4) is 0 Å². The monoisotopic (exact) mass is 283 g/mol. The number of hydrogen-bond donors (Lipinski definition) is 0. The van der Waals surface area contributed by atoms with Gasteiger partial charge in [0.25, 0.3) is 0 Å². The molecule has 0 N–H and O–H groups in total. The molecule has 0 radical (unpaired) electrons. The third kappa shape index (κ3) is 2.28. The first-order valence-corrected chi connectivity index (χ1v) is 7.08. The van der Waals surface area contributed by atoms with E-state index in [4.69, 9.17) is 11.6 Å². The zero-order valence-electron chi connectivity index (χ0n) is 10.1. The molecule has 0 amide bonds. The average molecular weight is 284 g/mol. The summed E-state index contributed by atoms with van der Waals surface area (Å²) in [7, 11) is 1.95. The number of rotatable bonds is 3. The van der Waals surface area contributed by atoms with Crippen LogP contribution in [0.15, 0.2) is 12.4 Å². The summed E-state index contributed by atoms with van der Waals surface area (Å²) in [6, 6.07) is 0.427. The molecule has 5 nitrogen and oxygen atoms in total. The normalized spacial score (nSPS) is 20.7. The average Bonchev–Trinajstić information content (AvgIpc) is 3.03. The van der Waals surface area contributed by atoms with Crippen molar-refractivity contribution >= 4 is 23.1 Å². The van der Waals surface area contributed by atoms with Crippen molar-refractivity contribution in [1.82, 2.24) is 24.3 Å². The van der Waals surface area contributed by atoms with Crippen molar-refractivity contribution in [2.24, 2.45) is 7.05 Å². The second-order valence-electron chi connectivity index (χ2n) is 4.57. The number of aromatic nitrogens is 4. The highest BCUT2D eigenvalue weighted by Crippen LogP contribution is 2.33. The Bertz CT molecular complexity index is 537. The summed E-state index contributed by atoms with van der Waals surface area (Å²) >= 11 is 7.32. The molecular formula is C11H14ClN5S. The standard InChI is InChI=1S/C11H14ClN5S/c1-16-6-8(5-13-16)10-3-2-4-17(10)7-9-11(12)18-15-14-9/h5-6,10H,2-4,7H2,1H3/t10-/m1/s1. The second-order valence-corrected chi connectivity index (χ2v) is 5.93. The van der Waals surface area contributed by atoms with Crippen LogP contribution in [0.1, 0.15) is 30.1 Å². The van der Waals surface area contributed by atoms with Gasteiger partial charge in [-0.3, -0.25) is 9.58 Å². The van der Waals surface area contributed by atoms with Crippen molar-refractivity contribution in [2.45, 2.75) is 25.4 Å². The van der Waals surface area contributed by atoms with E-state index in [1.807, 2.05) is 17.9 Å². The Morgan fingerprint density at radius 2 is 2.44 bits per heavy atom. The Kier molecular flexibility index (Phi) is 3.32. The highest BCUT2D eigenvalue weighted by Gasteiger charge is 2.28. The molecule has 3 heterocycles. The molecule has 7 heteroatoms. The van der Waals surface area contributed by atoms with Crippen LogP contribution < -0.4 is 0 Å². The van der Waals surface area contributed by atoms with E-state index in [2.05, 4.69) is 25.8 Å². The van der Waals surface area contributed by atoms with Gasteiger partial charge in [-0.05, 0) is 19.4 Å². The quantitative estimate of drug-likeness (QED) is 0.867. The summed E-state index contributed by atoms with van der Waals surface area (Å²) in [6.45, 7) is 1.85. The van der Waals surface area contributed by atoms with Crippen molar-refractivity contribution in [3.05, 3.63) is 28.0 Å². The van der Waals surface area contributed by atoms with Gasteiger partial charge in [0.05, 0.1) is 6.20 Å². The fraction of sp³-hybridized carbons (Fsp3) is 0.545. The fourth-order valence-corrected chi connectivity index (χ4v) is 3.10. The van der Waals surface area contributed by atoms with Crippen LogP contribution in [-0.4, -0.2) is 30.8 Å². The lowest BCUT2D eigenvalue weighted by molar-refractivity contribution is 0.245. The van der Waals surface area contributed by atoms with E-state index in [-0.39, 0.29) is 0 Å². The summed E-state index contributed by atoms with van der Waals surface area (Å²) in [5.74, 6) is 0. The van der Waals surface area contributed by atoms with Gasteiger partial charge in [-0.15, -0.1) is 5.10 Å². The van der Waals surface area contributed by atoms with Gasteiger partial charge >= 0.3 is 0 Å². The molecule has 0 aliphatic carbocycles. The van der Waals surface area contributed by atoms with Gasteiger partial charge in [-0.2, -0.15) is 5.10 Å². The third-order valence-electron chi connectivity index (χ3n) is 3.34. The van der Waals surface area contributed by atoms with Crippen LogP contribution in [0.25, 0.3) is 0 Å². The number of nitrogens with zero attached hydrogens (tertiary/aromatic N) is 5. The van der Waals surface area contributed by atoms with Crippen LogP contribution in [0.2, 0.25) is 4.34 Å². The molecular weight excluding hydrogens is 270 g/mol. The minimum absolute atomic E-state index is 0.427. The van der Waals surface area contributed by atoms with Crippen LogP contribution >= 0.6 is 23.1 Å². The van der Waals surface area contributed by atoms with E-state index in [0.717, 1.165) is 18.8 Å². The van der Waals surface area contributed by atoms with Gasteiger partial charge in [0.1, 0.15) is 10.0 Å². The van der Waals surface area contributed by atoms with Crippen LogP contribution in [0.5, 0.6) is 0 Å². The maximum Gasteiger partial charge on any atom is 0.138 e. The van der Waals surface area contributed by atoms with E-state index < -0.39 is 0 Å². The van der Waals surface area contributed by atoms with Crippen molar-refractivity contribution < 1.29 is 0 Å². The topological polar surface area (TPSA) is 46.8 Å². The van der Waals surface area contributed by atoms with Crippen molar-refractivity contribution in [3.63, 3.8) is 0 Å². The van der Waals surface area contributed by atoms with Crippen LogP contribution in [0, 0.1) is 0 Å². The summed E-state index contributed by atoms with van der Waals surface area (Å²) in [6.07, 6.45) is 6.41. The summed E-state index contributed by atoms with van der Waals surface area (Å²) in [4.78, 5) is 2.40. The number of halogens is 1. The fourth-order valence-electron chi connectivity index (χ4n) is 2.49. The first kappa shape index (κ1) is 12.1. The second kappa shape index (κ2) is 4.95. The van der Waals surface area contributed by atoms with Crippen LogP contribution in [-0.2, 0) is 13.6 Å². The van der Waals surface area contributed by atoms with Crippen molar-refractivity contribution in [2.75, 3.05) is 6.54 Å². The highest BCUT2D eigenvalue weighted by molar-refractivity contribution is 7.10. The van der Waals surface area contributed by atoms with E-state index >= 15 is 0 Å². The third-order valence-corrected chi connectivity index (χ3v) is 4.32. The maximum absolute atomic E-state index is 6.07. The SMILES string of the molecule is Cn1cc([C@H]2CCCN2Cc2nnsc2Cl)cn1. The van der Waals surface area contributed by atoms with E-state index in [1.54, 1.807) is 0 Å². The predicted molar refractivity (Wildman–Crippen MR) is 70.5 cm³/mol. The highest BCUT2D eigenvalue weighted by atomic mass is 35.5. The van der Waals surface area contributed by atoms with Gasteiger partial charge < -0.3 is 0 Å². The molecule has 0 saturated carbocycles. The Hall–Kier alpha value is -0.980. The van der Waals surface area contributed by atoms with E-state index in [0.29, 0.717) is 10.4 Å². The summed E-state index contributed by atoms with van der Waals surface area (Å²) in [5.41, 5.74) is 2.16. The first-order chi connectivity index (χ1) is 8.74. The lowest BCUT2D eigenvalue weighted by atomic mass is 10.1. The molecule has 0 bridgehead atoms. The molecule has 96 valence electrons. The Morgan fingerprint density at radius 3 is 3.11 bits per heavy atom. The summed E-state index contributed by atoms with van der Waals surface area (Å²) in [5, 5.41) is 8.33. The molecule has 2 aromatic heterocycles. The van der Waals surface area contributed by atoms with Crippen molar-refractivity contribution in [1.29, 1.82) is 0 Å². The Morgan fingerprint density at radius 1 is 1.56 bits per heavy atom. The van der Waals surface area contributed by atoms with Gasteiger partial charge in [0.2, 0.25) is 0 Å². The minimum Gasteiger partial charge on any atom is -0.290 e. The molecule has 2 aromatic rings. The number of aryl methyl sites for hydroxylation is 1. The van der Waals surface area contributed by atoms with Gasteiger partial charge in [-0.25, -0.2) is 0 Å². The molecule has 0 aromatic carbocycles. The predicted octanol–water partition coefficient (Wildman–Crippen LogP) is 2.26. The minimum atomic E-state index is 0.427. The molecule has 18 heavy (non-hydrogen) atoms. The van der Waals surface area contributed by atoms with Gasteiger partial charge in [-0.1, -0.05) is 16.1 Å². The molecule has 0 unspecified atom stereocenters. The molecule has 3 rings (SSSR count). The smallest absolute Gasteiger partial charge is 0.138 e. The van der Waals surface area contributed by atoms with Crippen LogP contribution in [0.4, 0.5) is 0 Å². The first-order valence-electron chi connectivity index (χ1n) is 5.93. The van der Waals surface area contributed by atoms with E-state index in [9.17, 15) is 0 Å². The summed E-state index contributed by atoms with van der Waals surface area (Å²) < 4.78 is 6.43. The van der Waals surface area contributed by atoms with Gasteiger partial charge in [0.15, 0.2) is 0 Å². The van der Waals surface area contributed by atoms with E-state index in [1.165, 1.54) is 29.9 Å². The molecule has 0 spiro atoms. The lowest BCUT2D eigenvalue weighted by Gasteiger charge is -2.22. The lowest BCUT2D eigenvalue weighted by Crippen LogP contribution is -2.22. The zero-order chi connectivity index (χ0) is 12.5. The molecule has 1 atom stereocenters. The maximum atomic E-state index is 6.07. The zero-order valence-corrected chi connectivity index (χ0v) is 11.7.